The molecule has 0 fully saturated rings. The van der Waals surface area contributed by atoms with Crippen molar-refractivity contribution >= 4 is 23.5 Å². The second-order valence-electron chi connectivity index (χ2n) is 6.81. The fourth-order valence-electron chi connectivity index (χ4n) is 3.01. The molecule has 3 rings (SSSR count). The van der Waals surface area contributed by atoms with E-state index in [1.807, 2.05) is 30.4 Å². The summed E-state index contributed by atoms with van der Waals surface area (Å²) < 4.78 is 5.97. The minimum absolute atomic E-state index is 0.134. The summed E-state index contributed by atoms with van der Waals surface area (Å²) in [5.41, 5.74) is 3.41. The van der Waals surface area contributed by atoms with Crippen LogP contribution < -0.4 is 5.32 Å². The van der Waals surface area contributed by atoms with E-state index in [0.29, 0.717) is 13.0 Å². The molecular formula is C22H24ClNO2. The van der Waals surface area contributed by atoms with Gasteiger partial charge in [0, 0.05) is 17.5 Å². The lowest BCUT2D eigenvalue weighted by Crippen LogP contribution is -2.17. The number of aldehydes is 1. The Morgan fingerprint density at radius 1 is 1.27 bits per heavy atom. The van der Waals surface area contributed by atoms with Crippen molar-refractivity contribution in [1.82, 2.24) is 5.32 Å². The summed E-state index contributed by atoms with van der Waals surface area (Å²) in [4.78, 5) is 11.2. The molecule has 1 aliphatic carbocycles. The third-order valence-corrected chi connectivity index (χ3v) is 4.98. The van der Waals surface area contributed by atoms with Crippen LogP contribution >= 0.6 is 11.6 Å². The van der Waals surface area contributed by atoms with Gasteiger partial charge in [-0.2, -0.15) is 0 Å². The SMILES string of the molecule is Cc1ccc(C(C)NCc2ccc(C3=CC(C=O)CC(Cl)C=C3)o2)cc1. The summed E-state index contributed by atoms with van der Waals surface area (Å²) in [6.45, 7) is 4.87. The van der Waals surface area contributed by atoms with E-state index >= 15 is 0 Å². The fourth-order valence-corrected chi connectivity index (χ4v) is 3.29. The Morgan fingerprint density at radius 2 is 2.04 bits per heavy atom. The molecule has 136 valence electrons. The Hall–Kier alpha value is -2.10. The monoisotopic (exact) mass is 369 g/mol. The average Bonchev–Trinajstić information content (AvgIpc) is 3.03. The van der Waals surface area contributed by atoms with Crippen molar-refractivity contribution in [1.29, 1.82) is 0 Å². The molecule has 3 unspecified atom stereocenters. The van der Waals surface area contributed by atoms with Gasteiger partial charge in [0.1, 0.15) is 17.8 Å². The summed E-state index contributed by atoms with van der Waals surface area (Å²) in [6, 6.07) is 12.7. The molecule has 0 saturated carbocycles. The van der Waals surface area contributed by atoms with Gasteiger partial charge in [-0.15, -0.1) is 11.6 Å². The van der Waals surface area contributed by atoms with Crippen molar-refractivity contribution in [2.24, 2.45) is 5.92 Å². The highest BCUT2D eigenvalue weighted by atomic mass is 35.5. The van der Waals surface area contributed by atoms with E-state index < -0.39 is 0 Å². The number of benzene rings is 1. The summed E-state index contributed by atoms with van der Waals surface area (Å²) in [5, 5.41) is 3.35. The number of alkyl halides is 1. The fraction of sp³-hybridized carbons (Fsp3) is 0.318. The van der Waals surface area contributed by atoms with Gasteiger partial charge in [0.15, 0.2) is 0 Å². The highest BCUT2D eigenvalue weighted by Crippen LogP contribution is 2.27. The van der Waals surface area contributed by atoms with E-state index in [1.54, 1.807) is 0 Å². The molecule has 1 N–H and O–H groups in total. The molecule has 0 bridgehead atoms. The van der Waals surface area contributed by atoms with E-state index in [-0.39, 0.29) is 17.3 Å². The van der Waals surface area contributed by atoms with E-state index in [9.17, 15) is 4.79 Å². The van der Waals surface area contributed by atoms with Crippen LogP contribution in [-0.4, -0.2) is 11.7 Å². The molecule has 1 aromatic heterocycles. The molecule has 1 aromatic carbocycles. The molecule has 0 spiro atoms. The van der Waals surface area contributed by atoms with Gasteiger partial charge < -0.3 is 14.5 Å². The quantitative estimate of drug-likeness (QED) is 0.561. The maximum absolute atomic E-state index is 11.2. The Morgan fingerprint density at radius 3 is 2.77 bits per heavy atom. The normalized spacial score (nSPS) is 21.1. The molecular weight excluding hydrogens is 346 g/mol. The van der Waals surface area contributed by atoms with Crippen LogP contribution in [0.1, 0.15) is 42.0 Å². The van der Waals surface area contributed by atoms with Crippen molar-refractivity contribution in [3.05, 3.63) is 77.3 Å². The molecule has 0 saturated heterocycles. The van der Waals surface area contributed by atoms with Gasteiger partial charge in [0.2, 0.25) is 0 Å². The number of furan rings is 1. The maximum atomic E-state index is 11.2. The highest BCUT2D eigenvalue weighted by molar-refractivity contribution is 6.22. The number of halogens is 1. The smallest absolute Gasteiger partial charge is 0.134 e. The third kappa shape index (κ3) is 4.75. The number of allylic oxidation sites excluding steroid dienone is 4. The van der Waals surface area contributed by atoms with Crippen molar-refractivity contribution in [2.75, 3.05) is 0 Å². The zero-order valence-corrected chi connectivity index (χ0v) is 15.9. The molecule has 1 heterocycles. The number of rotatable bonds is 6. The second kappa shape index (κ2) is 8.52. The predicted octanol–water partition coefficient (Wildman–Crippen LogP) is 5.20. The van der Waals surface area contributed by atoms with Gasteiger partial charge in [-0.1, -0.05) is 48.1 Å². The molecule has 2 aromatic rings. The first-order chi connectivity index (χ1) is 12.5. The predicted molar refractivity (Wildman–Crippen MR) is 106 cm³/mol. The lowest BCUT2D eigenvalue weighted by atomic mass is 10.0. The topological polar surface area (TPSA) is 42.2 Å². The van der Waals surface area contributed by atoms with Gasteiger partial charge >= 0.3 is 0 Å². The summed E-state index contributed by atoms with van der Waals surface area (Å²) >= 11 is 6.19. The van der Waals surface area contributed by atoms with Crippen LogP contribution in [0.3, 0.4) is 0 Å². The van der Waals surface area contributed by atoms with Crippen LogP contribution in [0.2, 0.25) is 0 Å². The lowest BCUT2D eigenvalue weighted by molar-refractivity contribution is -0.110. The Balaban J connectivity index is 1.66. The third-order valence-electron chi connectivity index (χ3n) is 4.66. The van der Waals surface area contributed by atoms with Gasteiger partial charge in [-0.05, 0) is 38.0 Å². The number of hydrogen-bond acceptors (Lipinski definition) is 3. The minimum Gasteiger partial charge on any atom is -0.460 e. The number of carbonyl (C=O) groups is 1. The van der Waals surface area contributed by atoms with Crippen molar-refractivity contribution < 1.29 is 9.21 Å². The molecule has 4 heteroatoms. The summed E-state index contributed by atoms with van der Waals surface area (Å²) in [6.07, 6.45) is 7.34. The standard InChI is InChI=1S/C22H24ClNO2/c1-15-3-5-18(6-4-15)16(2)24-13-21-9-10-22(26-21)19-7-8-20(23)12-17(11-19)14-25/h3-11,14,16-17,20,24H,12-13H2,1-2H3. The van der Waals surface area contributed by atoms with Crippen molar-refractivity contribution in [2.45, 2.75) is 38.2 Å². The van der Waals surface area contributed by atoms with Crippen LogP contribution in [0.5, 0.6) is 0 Å². The summed E-state index contributed by atoms with van der Waals surface area (Å²) in [7, 11) is 0. The number of nitrogens with one attached hydrogen (secondary N) is 1. The lowest BCUT2D eigenvalue weighted by Gasteiger charge is -2.13. The molecule has 3 atom stereocenters. The van der Waals surface area contributed by atoms with Crippen LogP contribution in [-0.2, 0) is 11.3 Å². The molecule has 0 amide bonds. The molecule has 0 aliphatic heterocycles. The molecule has 3 nitrogen and oxygen atoms in total. The number of carbonyl (C=O) groups excluding carboxylic acids is 1. The molecule has 26 heavy (non-hydrogen) atoms. The van der Waals surface area contributed by atoms with Crippen LogP contribution in [0.4, 0.5) is 0 Å². The van der Waals surface area contributed by atoms with Gasteiger partial charge in [0.05, 0.1) is 11.9 Å². The van der Waals surface area contributed by atoms with E-state index in [0.717, 1.165) is 23.4 Å². The molecule has 1 aliphatic rings. The summed E-state index contributed by atoms with van der Waals surface area (Å²) in [5.74, 6) is 1.44. The maximum Gasteiger partial charge on any atom is 0.134 e. The Labute approximate surface area is 159 Å². The van der Waals surface area contributed by atoms with E-state index in [2.05, 4.69) is 43.4 Å². The van der Waals surface area contributed by atoms with Crippen LogP contribution in [0.25, 0.3) is 5.57 Å². The first-order valence-electron chi connectivity index (χ1n) is 8.93. The van der Waals surface area contributed by atoms with Crippen LogP contribution in [0, 0.1) is 12.8 Å². The largest absolute Gasteiger partial charge is 0.460 e. The minimum atomic E-state index is -0.185. The van der Waals surface area contributed by atoms with Gasteiger partial charge in [-0.25, -0.2) is 0 Å². The van der Waals surface area contributed by atoms with E-state index in [4.69, 9.17) is 16.0 Å². The average molecular weight is 370 g/mol. The van der Waals surface area contributed by atoms with Gasteiger partial charge in [0.25, 0.3) is 0 Å². The Kier molecular flexibility index (Phi) is 6.12. The van der Waals surface area contributed by atoms with Gasteiger partial charge in [-0.3, -0.25) is 0 Å². The van der Waals surface area contributed by atoms with Crippen molar-refractivity contribution in [3.63, 3.8) is 0 Å². The van der Waals surface area contributed by atoms with E-state index in [1.165, 1.54) is 11.1 Å². The van der Waals surface area contributed by atoms with Crippen LogP contribution in [0.15, 0.2) is 59.0 Å². The van der Waals surface area contributed by atoms with Crippen molar-refractivity contribution in [3.8, 4) is 0 Å². The number of aryl methyl sites for hydroxylation is 1. The zero-order valence-electron chi connectivity index (χ0n) is 15.1. The first-order valence-corrected chi connectivity index (χ1v) is 9.37. The molecule has 0 radical (unpaired) electrons. The highest BCUT2D eigenvalue weighted by Gasteiger charge is 2.16. The Bertz CT molecular complexity index is 804. The second-order valence-corrected chi connectivity index (χ2v) is 7.37. The number of hydrogen-bond donors (Lipinski definition) is 1. The first kappa shape index (κ1) is 18.7. The zero-order chi connectivity index (χ0) is 18.5.